The number of rotatable bonds is 10. The molecule has 0 bridgehead atoms. The highest BCUT2D eigenvalue weighted by Gasteiger charge is 2.12. The van der Waals surface area contributed by atoms with Crippen molar-refractivity contribution in [2.24, 2.45) is 0 Å². The minimum Gasteiger partial charge on any atom is -0.491 e. The van der Waals surface area contributed by atoms with E-state index in [2.05, 4.69) is 19.2 Å². The Morgan fingerprint density at radius 3 is 2.25 bits per heavy atom. The standard InChI is InChI=1S/C18H28N2O3S/c1-4-11-20(12-5-2)18(24)19-17(21)15-7-9-16(10-8-15)23-14-13-22-6-3/h7-10H,4-6,11-14H2,1-3H3,(H,19,21,24). The largest absolute Gasteiger partial charge is 0.491 e. The molecular formula is C18H28N2O3S. The Morgan fingerprint density at radius 1 is 1.08 bits per heavy atom. The van der Waals surface area contributed by atoms with Crippen LogP contribution >= 0.6 is 12.2 Å². The fraction of sp³-hybridized carbons (Fsp3) is 0.556. The summed E-state index contributed by atoms with van der Waals surface area (Å²) >= 11 is 5.35. The second-order valence-electron chi connectivity index (χ2n) is 5.32. The second kappa shape index (κ2) is 11.8. The summed E-state index contributed by atoms with van der Waals surface area (Å²) < 4.78 is 10.8. The van der Waals surface area contributed by atoms with Crippen molar-refractivity contribution in [3.8, 4) is 5.75 Å². The molecular weight excluding hydrogens is 324 g/mol. The summed E-state index contributed by atoms with van der Waals surface area (Å²) in [6.07, 6.45) is 1.98. The maximum atomic E-state index is 12.3. The lowest BCUT2D eigenvalue weighted by molar-refractivity contribution is 0.0972. The first kappa shape index (κ1) is 20.4. The number of hydrogen-bond donors (Lipinski definition) is 1. The van der Waals surface area contributed by atoms with Gasteiger partial charge in [-0.05, 0) is 56.2 Å². The molecule has 0 aromatic heterocycles. The Bertz CT molecular complexity index is 499. The zero-order valence-electron chi connectivity index (χ0n) is 14.8. The summed E-state index contributed by atoms with van der Waals surface area (Å²) in [6, 6.07) is 7.02. The highest BCUT2D eigenvalue weighted by atomic mass is 32.1. The topological polar surface area (TPSA) is 50.8 Å². The third kappa shape index (κ3) is 7.27. The normalized spacial score (nSPS) is 10.3. The Balaban J connectivity index is 2.53. The molecule has 0 aliphatic heterocycles. The van der Waals surface area contributed by atoms with Crippen LogP contribution in [0.2, 0.25) is 0 Å². The molecule has 0 unspecified atom stereocenters. The minimum absolute atomic E-state index is 0.196. The van der Waals surface area contributed by atoms with Crippen molar-refractivity contribution in [3.05, 3.63) is 29.8 Å². The van der Waals surface area contributed by atoms with E-state index in [1.54, 1.807) is 24.3 Å². The van der Waals surface area contributed by atoms with Gasteiger partial charge in [-0.15, -0.1) is 0 Å². The van der Waals surface area contributed by atoms with Gasteiger partial charge in [0.05, 0.1) is 6.61 Å². The van der Waals surface area contributed by atoms with E-state index in [-0.39, 0.29) is 5.91 Å². The van der Waals surface area contributed by atoms with Gasteiger partial charge in [-0.25, -0.2) is 0 Å². The third-order valence-electron chi connectivity index (χ3n) is 3.31. The lowest BCUT2D eigenvalue weighted by Crippen LogP contribution is -2.43. The Kier molecular flexibility index (Phi) is 10.0. The van der Waals surface area contributed by atoms with Gasteiger partial charge in [0, 0.05) is 25.3 Å². The lowest BCUT2D eigenvalue weighted by atomic mass is 10.2. The fourth-order valence-corrected chi connectivity index (χ4v) is 2.44. The molecule has 24 heavy (non-hydrogen) atoms. The summed E-state index contributed by atoms with van der Waals surface area (Å²) in [4.78, 5) is 14.3. The molecule has 0 spiro atoms. The second-order valence-corrected chi connectivity index (χ2v) is 5.70. The van der Waals surface area contributed by atoms with Crippen LogP contribution in [0.25, 0.3) is 0 Å². The van der Waals surface area contributed by atoms with Crippen molar-refractivity contribution in [2.75, 3.05) is 32.9 Å². The van der Waals surface area contributed by atoms with Crippen molar-refractivity contribution < 1.29 is 14.3 Å². The summed E-state index contributed by atoms with van der Waals surface area (Å²) in [5.74, 6) is 0.519. The highest BCUT2D eigenvalue weighted by molar-refractivity contribution is 7.80. The molecule has 0 aliphatic carbocycles. The van der Waals surface area contributed by atoms with Crippen LogP contribution in [0.15, 0.2) is 24.3 Å². The van der Waals surface area contributed by atoms with Crippen LogP contribution in [-0.4, -0.2) is 48.8 Å². The van der Waals surface area contributed by atoms with Crippen molar-refractivity contribution in [1.29, 1.82) is 0 Å². The first-order valence-corrected chi connectivity index (χ1v) is 8.94. The zero-order valence-corrected chi connectivity index (χ0v) is 15.7. The van der Waals surface area contributed by atoms with E-state index >= 15 is 0 Å². The molecule has 5 nitrogen and oxygen atoms in total. The monoisotopic (exact) mass is 352 g/mol. The zero-order chi connectivity index (χ0) is 17.8. The summed E-state index contributed by atoms with van der Waals surface area (Å²) in [5, 5.41) is 3.29. The molecule has 0 saturated heterocycles. The molecule has 1 aromatic carbocycles. The van der Waals surface area contributed by atoms with Crippen LogP contribution in [0, 0.1) is 0 Å². The van der Waals surface area contributed by atoms with Crippen LogP contribution in [0.4, 0.5) is 0 Å². The number of thiocarbonyl (C=S) groups is 1. The Labute approximate surface area is 150 Å². The number of nitrogens with one attached hydrogen (secondary N) is 1. The number of ether oxygens (including phenoxy) is 2. The average molecular weight is 353 g/mol. The van der Waals surface area contributed by atoms with Gasteiger partial charge in [0.25, 0.3) is 5.91 Å². The first-order chi connectivity index (χ1) is 11.6. The number of nitrogens with zero attached hydrogens (tertiary/aromatic N) is 1. The molecule has 1 N–H and O–H groups in total. The summed E-state index contributed by atoms with van der Waals surface area (Å²) in [6.45, 7) is 9.55. The molecule has 6 heteroatoms. The van der Waals surface area contributed by atoms with Gasteiger partial charge < -0.3 is 14.4 Å². The van der Waals surface area contributed by atoms with E-state index in [0.29, 0.717) is 36.2 Å². The molecule has 134 valence electrons. The number of hydrogen-bond acceptors (Lipinski definition) is 4. The van der Waals surface area contributed by atoms with Gasteiger partial charge in [-0.2, -0.15) is 0 Å². The van der Waals surface area contributed by atoms with Crippen LogP contribution in [0.1, 0.15) is 44.0 Å². The first-order valence-electron chi connectivity index (χ1n) is 8.53. The maximum Gasteiger partial charge on any atom is 0.257 e. The van der Waals surface area contributed by atoms with E-state index < -0.39 is 0 Å². The third-order valence-corrected chi connectivity index (χ3v) is 3.67. The van der Waals surface area contributed by atoms with Crippen LogP contribution in [-0.2, 0) is 4.74 Å². The smallest absolute Gasteiger partial charge is 0.257 e. The average Bonchev–Trinajstić information content (AvgIpc) is 2.59. The van der Waals surface area contributed by atoms with Crippen molar-refractivity contribution in [3.63, 3.8) is 0 Å². The molecule has 0 radical (unpaired) electrons. The predicted octanol–water partition coefficient (Wildman–Crippen LogP) is 3.24. The van der Waals surface area contributed by atoms with Crippen molar-refractivity contribution in [1.82, 2.24) is 10.2 Å². The minimum atomic E-state index is -0.196. The maximum absolute atomic E-state index is 12.3. The van der Waals surface area contributed by atoms with Crippen molar-refractivity contribution >= 4 is 23.2 Å². The predicted molar refractivity (Wildman–Crippen MR) is 101 cm³/mol. The van der Waals surface area contributed by atoms with E-state index in [0.717, 1.165) is 25.9 Å². The van der Waals surface area contributed by atoms with E-state index in [1.165, 1.54) is 0 Å². The number of benzene rings is 1. The molecule has 1 aromatic rings. The Hall–Kier alpha value is -1.66. The molecule has 0 heterocycles. The number of carbonyl (C=O) groups is 1. The van der Waals surface area contributed by atoms with Crippen LogP contribution < -0.4 is 10.1 Å². The molecule has 0 fully saturated rings. The molecule has 0 aliphatic rings. The van der Waals surface area contributed by atoms with Gasteiger partial charge in [-0.3, -0.25) is 10.1 Å². The van der Waals surface area contributed by atoms with Crippen molar-refractivity contribution in [2.45, 2.75) is 33.6 Å². The van der Waals surface area contributed by atoms with Crippen LogP contribution in [0.3, 0.4) is 0 Å². The molecule has 1 rings (SSSR count). The van der Waals surface area contributed by atoms with E-state index in [4.69, 9.17) is 21.7 Å². The van der Waals surface area contributed by atoms with E-state index in [9.17, 15) is 4.79 Å². The van der Waals surface area contributed by atoms with Gasteiger partial charge in [0.15, 0.2) is 5.11 Å². The van der Waals surface area contributed by atoms with E-state index in [1.807, 2.05) is 11.8 Å². The SMILES string of the molecule is CCCN(CCC)C(=S)NC(=O)c1ccc(OCCOCC)cc1. The lowest BCUT2D eigenvalue weighted by Gasteiger charge is -2.24. The number of amides is 1. The summed E-state index contributed by atoms with van der Waals surface area (Å²) in [5.41, 5.74) is 0.558. The Morgan fingerprint density at radius 2 is 1.71 bits per heavy atom. The van der Waals surface area contributed by atoms with Crippen LogP contribution in [0.5, 0.6) is 5.75 Å². The van der Waals surface area contributed by atoms with Gasteiger partial charge in [-0.1, -0.05) is 13.8 Å². The van der Waals surface area contributed by atoms with Gasteiger partial charge in [0.2, 0.25) is 0 Å². The summed E-state index contributed by atoms with van der Waals surface area (Å²) in [7, 11) is 0. The van der Waals surface area contributed by atoms with Gasteiger partial charge in [0.1, 0.15) is 12.4 Å². The fourth-order valence-electron chi connectivity index (χ4n) is 2.17. The molecule has 0 atom stereocenters. The molecule has 0 saturated carbocycles. The molecule has 1 amide bonds. The quantitative estimate of drug-likeness (QED) is 0.517. The highest BCUT2D eigenvalue weighted by Crippen LogP contribution is 2.12. The number of carbonyl (C=O) groups excluding carboxylic acids is 1. The van der Waals surface area contributed by atoms with Gasteiger partial charge >= 0.3 is 0 Å².